The molecule has 0 saturated heterocycles. The fourth-order valence-corrected chi connectivity index (χ4v) is 2.24. The molecule has 22 heavy (non-hydrogen) atoms. The second-order valence-electron chi connectivity index (χ2n) is 4.82. The lowest BCUT2D eigenvalue weighted by Gasteiger charge is -2.01. The Morgan fingerprint density at radius 3 is 2.27 bits per heavy atom. The summed E-state index contributed by atoms with van der Waals surface area (Å²) in [6.07, 6.45) is 3.81. The van der Waals surface area contributed by atoms with E-state index in [0.29, 0.717) is 10.8 Å². The third kappa shape index (κ3) is 2.69. The van der Waals surface area contributed by atoms with Crippen molar-refractivity contribution < 1.29 is 4.74 Å². The number of hydrogen-bond donors (Lipinski definition) is 2. The quantitative estimate of drug-likeness (QED) is 0.728. The molecular formula is C17H14N2O3. The second kappa shape index (κ2) is 5.73. The molecule has 0 aliphatic carbocycles. The van der Waals surface area contributed by atoms with E-state index in [-0.39, 0.29) is 11.1 Å². The summed E-state index contributed by atoms with van der Waals surface area (Å²) in [7, 11) is 1.62. The fourth-order valence-electron chi connectivity index (χ4n) is 2.24. The number of aromatic amines is 2. The van der Waals surface area contributed by atoms with Crippen LogP contribution in [0, 0.1) is 0 Å². The Kier molecular flexibility index (Phi) is 3.62. The first-order chi connectivity index (χ1) is 10.7. The Balaban J connectivity index is 2.00. The number of H-pyrrole nitrogens is 2. The van der Waals surface area contributed by atoms with Gasteiger partial charge in [-0.05, 0) is 35.4 Å². The van der Waals surface area contributed by atoms with Crippen LogP contribution in [0.5, 0.6) is 5.75 Å². The molecule has 0 fully saturated rings. The molecule has 0 saturated carbocycles. The average Bonchev–Trinajstić information content (AvgIpc) is 2.56. The van der Waals surface area contributed by atoms with Gasteiger partial charge in [0.05, 0.1) is 17.9 Å². The van der Waals surface area contributed by atoms with Gasteiger partial charge in [0, 0.05) is 0 Å². The highest BCUT2D eigenvalue weighted by atomic mass is 16.5. The summed E-state index contributed by atoms with van der Waals surface area (Å²) >= 11 is 0. The third-order valence-corrected chi connectivity index (χ3v) is 3.38. The van der Waals surface area contributed by atoms with E-state index < -0.39 is 0 Å². The van der Waals surface area contributed by atoms with E-state index >= 15 is 0 Å². The lowest BCUT2D eigenvalue weighted by atomic mass is 10.1. The van der Waals surface area contributed by atoms with E-state index in [2.05, 4.69) is 10.2 Å². The van der Waals surface area contributed by atoms with Crippen molar-refractivity contribution in [3.8, 4) is 5.75 Å². The van der Waals surface area contributed by atoms with Gasteiger partial charge in [0.15, 0.2) is 0 Å². The standard InChI is InChI=1S/C17H14N2O3/c1-22-13-4-2-3-11(9-13)5-6-12-7-8-14-15(10-12)17(21)19-18-16(14)20/h2-10H,1H3,(H,18,20)(H,19,21)/b6-5+. The number of hydrogen-bond acceptors (Lipinski definition) is 3. The summed E-state index contributed by atoms with van der Waals surface area (Å²) < 4.78 is 5.18. The molecule has 0 aliphatic heterocycles. The van der Waals surface area contributed by atoms with Gasteiger partial charge >= 0.3 is 0 Å². The molecule has 0 atom stereocenters. The van der Waals surface area contributed by atoms with Crippen molar-refractivity contribution in [2.75, 3.05) is 7.11 Å². The number of methoxy groups -OCH3 is 1. The summed E-state index contributed by atoms with van der Waals surface area (Å²) in [4.78, 5) is 23.4. The largest absolute Gasteiger partial charge is 0.497 e. The number of ether oxygens (including phenoxy) is 1. The maximum atomic E-state index is 11.8. The zero-order chi connectivity index (χ0) is 15.5. The van der Waals surface area contributed by atoms with E-state index in [1.54, 1.807) is 25.3 Å². The van der Waals surface area contributed by atoms with Crippen LogP contribution in [-0.4, -0.2) is 17.3 Å². The number of aromatic nitrogens is 2. The minimum Gasteiger partial charge on any atom is -0.497 e. The molecule has 0 unspecified atom stereocenters. The molecule has 3 aromatic rings. The molecule has 2 N–H and O–H groups in total. The molecule has 3 rings (SSSR count). The number of benzene rings is 2. The Hall–Kier alpha value is -3.08. The molecule has 0 radical (unpaired) electrons. The molecule has 0 aliphatic rings. The molecule has 110 valence electrons. The van der Waals surface area contributed by atoms with Crippen LogP contribution >= 0.6 is 0 Å². The van der Waals surface area contributed by atoms with Crippen molar-refractivity contribution in [2.45, 2.75) is 0 Å². The smallest absolute Gasteiger partial charge is 0.270 e. The van der Waals surface area contributed by atoms with Gasteiger partial charge in [-0.15, -0.1) is 0 Å². The van der Waals surface area contributed by atoms with Gasteiger partial charge in [-0.25, -0.2) is 0 Å². The van der Waals surface area contributed by atoms with Gasteiger partial charge in [0.1, 0.15) is 5.75 Å². The molecule has 0 bridgehead atoms. The molecule has 1 aromatic heterocycles. The monoisotopic (exact) mass is 294 g/mol. The third-order valence-electron chi connectivity index (χ3n) is 3.38. The Bertz CT molecular complexity index is 967. The predicted octanol–water partition coefficient (Wildman–Crippen LogP) is 2.40. The molecule has 2 aromatic carbocycles. The Morgan fingerprint density at radius 2 is 1.55 bits per heavy atom. The van der Waals surface area contributed by atoms with Gasteiger partial charge in [-0.1, -0.05) is 30.4 Å². The zero-order valence-corrected chi connectivity index (χ0v) is 11.9. The van der Waals surface area contributed by atoms with Crippen molar-refractivity contribution in [1.29, 1.82) is 0 Å². The van der Waals surface area contributed by atoms with Crippen LogP contribution in [0.3, 0.4) is 0 Å². The lowest BCUT2D eigenvalue weighted by molar-refractivity contribution is 0.414. The summed E-state index contributed by atoms with van der Waals surface area (Å²) in [6, 6.07) is 12.8. The highest BCUT2D eigenvalue weighted by molar-refractivity contribution is 5.84. The van der Waals surface area contributed by atoms with Gasteiger partial charge in [-0.2, -0.15) is 0 Å². The molecule has 5 nitrogen and oxygen atoms in total. The van der Waals surface area contributed by atoms with Gasteiger partial charge < -0.3 is 4.74 Å². The predicted molar refractivity (Wildman–Crippen MR) is 87.1 cm³/mol. The average molecular weight is 294 g/mol. The van der Waals surface area contributed by atoms with Crippen LogP contribution < -0.4 is 15.9 Å². The SMILES string of the molecule is COc1cccc(/C=C/c2ccc3c(=O)[nH][nH]c(=O)c3c2)c1. The van der Waals surface area contributed by atoms with Crippen LogP contribution in [0.4, 0.5) is 0 Å². The molecule has 0 spiro atoms. The van der Waals surface area contributed by atoms with E-state index in [1.165, 1.54) is 0 Å². The minimum absolute atomic E-state index is 0.307. The normalized spacial score (nSPS) is 11.1. The van der Waals surface area contributed by atoms with E-state index in [0.717, 1.165) is 16.9 Å². The van der Waals surface area contributed by atoms with Crippen LogP contribution in [0.1, 0.15) is 11.1 Å². The maximum absolute atomic E-state index is 11.8. The number of nitrogens with one attached hydrogen (secondary N) is 2. The lowest BCUT2D eigenvalue weighted by Crippen LogP contribution is -2.18. The molecule has 1 heterocycles. The van der Waals surface area contributed by atoms with Crippen molar-refractivity contribution in [1.82, 2.24) is 10.2 Å². The first-order valence-corrected chi connectivity index (χ1v) is 6.74. The highest BCUT2D eigenvalue weighted by Gasteiger charge is 2.02. The Morgan fingerprint density at radius 1 is 0.864 bits per heavy atom. The zero-order valence-electron chi connectivity index (χ0n) is 11.9. The van der Waals surface area contributed by atoms with Gasteiger partial charge in [0.2, 0.25) is 0 Å². The van der Waals surface area contributed by atoms with Crippen LogP contribution in [0.15, 0.2) is 52.1 Å². The van der Waals surface area contributed by atoms with Crippen LogP contribution in [-0.2, 0) is 0 Å². The Labute approximate surface area is 125 Å². The van der Waals surface area contributed by atoms with Crippen molar-refractivity contribution in [2.24, 2.45) is 0 Å². The van der Waals surface area contributed by atoms with Crippen molar-refractivity contribution >= 4 is 22.9 Å². The summed E-state index contributed by atoms with van der Waals surface area (Å²) in [5.41, 5.74) is 1.20. The number of fused-ring (bicyclic) bond motifs is 1. The van der Waals surface area contributed by atoms with E-state index in [4.69, 9.17) is 4.74 Å². The van der Waals surface area contributed by atoms with Crippen molar-refractivity contribution in [3.05, 3.63) is 74.3 Å². The molecule has 5 heteroatoms. The first-order valence-electron chi connectivity index (χ1n) is 6.74. The minimum atomic E-state index is -0.314. The highest BCUT2D eigenvalue weighted by Crippen LogP contribution is 2.16. The van der Waals surface area contributed by atoms with Gasteiger partial charge in [-0.3, -0.25) is 19.8 Å². The summed E-state index contributed by atoms with van der Waals surface area (Å²) in [6.45, 7) is 0. The van der Waals surface area contributed by atoms with Crippen molar-refractivity contribution in [3.63, 3.8) is 0 Å². The topological polar surface area (TPSA) is 75.0 Å². The van der Waals surface area contributed by atoms with Crippen LogP contribution in [0.25, 0.3) is 22.9 Å². The second-order valence-corrected chi connectivity index (χ2v) is 4.82. The summed E-state index contributed by atoms with van der Waals surface area (Å²) in [5.74, 6) is 0.781. The summed E-state index contributed by atoms with van der Waals surface area (Å²) in [5, 5.41) is 5.38. The van der Waals surface area contributed by atoms with E-state index in [9.17, 15) is 9.59 Å². The first kappa shape index (κ1) is 13.9. The maximum Gasteiger partial charge on any atom is 0.270 e. The molecule has 0 amide bonds. The van der Waals surface area contributed by atoms with Crippen LogP contribution in [0.2, 0.25) is 0 Å². The molecular weight excluding hydrogens is 280 g/mol. The van der Waals surface area contributed by atoms with E-state index in [1.807, 2.05) is 36.4 Å². The fraction of sp³-hybridized carbons (Fsp3) is 0.0588. The van der Waals surface area contributed by atoms with Gasteiger partial charge in [0.25, 0.3) is 11.1 Å². The number of rotatable bonds is 3.